The second-order valence-electron chi connectivity index (χ2n) is 5.77. The third kappa shape index (κ3) is 3.77. The molecule has 0 aliphatic heterocycles. The molecule has 6 nitrogen and oxygen atoms in total. The number of anilines is 1. The summed E-state index contributed by atoms with van der Waals surface area (Å²) in [6.45, 7) is 0.491. The van der Waals surface area contributed by atoms with Crippen LogP contribution in [0.4, 0.5) is 5.69 Å². The second kappa shape index (κ2) is 7.04. The highest BCUT2D eigenvalue weighted by Crippen LogP contribution is 2.23. The Morgan fingerprint density at radius 2 is 1.81 bits per heavy atom. The molecule has 0 aromatic heterocycles. The maximum atomic E-state index is 11.4. The molecule has 0 radical (unpaired) electrons. The largest absolute Gasteiger partial charge is 0.497 e. The Labute approximate surface area is 151 Å². The zero-order chi connectivity index (χ0) is 18.7. The highest BCUT2D eigenvalue weighted by Gasteiger charge is 2.11. The number of rotatable bonds is 5. The fourth-order valence-corrected chi connectivity index (χ4v) is 3.19. The lowest BCUT2D eigenvalue weighted by atomic mass is 10.1. The molecule has 0 amide bonds. The SMILES string of the molecule is COc1ccc2cc(CNc3ccc(S(N)(=O)=O)cc3C#N)ccc2c1. The second-order valence-corrected chi connectivity index (χ2v) is 7.33. The van der Waals surface area contributed by atoms with Crippen molar-refractivity contribution in [3.63, 3.8) is 0 Å². The van der Waals surface area contributed by atoms with E-state index in [1.54, 1.807) is 13.2 Å². The monoisotopic (exact) mass is 367 g/mol. The highest BCUT2D eigenvalue weighted by molar-refractivity contribution is 7.89. The summed E-state index contributed by atoms with van der Waals surface area (Å²) in [6.07, 6.45) is 0. The first-order valence-corrected chi connectivity index (χ1v) is 9.33. The number of sulfonamides is 1. The predicted molar refractivity (Wildman–Crippen MR) is 100 cm³/mol. The van der Waals surface area contributed by atoms with Crippen molar-refractivity contribution >= 4 is 26.5 Å². The van der Waals surface area contributed by atoms with Crippen LogP contribution in [0.2, 0.25) is 0 Å². The van der Waals surface area contributed by atoms with Crippen LogP contribution in [0.3, 0.4) is 0 Å². The van der Waals surface area contributed by atoms with Gasteiger partial charge in [0.05, 0.1) is 23.3 Å². The summed E-state index contributed by atoms with van der Waals surface area (Å²) in [4.78, 5) is -0.0840. The Bertz CT molecular complexity index is 1120. The molecule has 0 spiro atoms. The predicted octanol–water partition coefficient (Wildman–Crippen LogP) is 2.98. The first-order valence-electron chi connectivity index (χ1n) is 7.78. The van der Waals surface area contributed by atoms with E-state index in [4.69, 9.17) is 9.88 Å². The lowest BCUT2D eigenvalue weighted by Crippen LogP contribution is -2.12. The molecule has 7 heteroatoms. The maximum absolute atomic E-state index is 11.4. The lowest BCUT2D eigenvalue weighted by molar-refractivity contribution is 0.415. The number of nitrogens with one attached hydrogen (secondary N) is 1. The van der Waals surface area contributed by atoms with Crippen LogP contribution in [0, 0.1) is 11.3 Å². The van der Waals surface area contributed by atoms with Crippen LogP contribution in [-0.4, -0.2) is 15.5 Å². The molecule has 0 heterocycles. The van der Waals surface area contributed by atoms with Gasteiger partial charge in [0.1, 0.15) is 11.8 Å². The average Bonchev–Trinajstić information content (AvgIpc) is 2.64. The van der Waals surface area contributed by atoms with Gasteiger partial charge in [0.2, 0.25) is 10.0 Å². The lowest BCUT2D eigenvalue weighted by Gasteiger charge is -2.10. The minimum atomic E-state index is -3.84. The van der Waals surface area contributed by atoms with Gasteiger partial charge in [-0.05, 0) is 52.7 Å². The summed E-state index contributed by atoms with van der Waals surface area (Å²) in [6, 6.07) is 18.1. The van der Waals surface area contributed by atoms with Crippen LogP contribution in [0.5, 0.6) is 5.75 Å². The van der Waals surface area contributed by atoms with Gasteiger partial charge in [-0.2, -0.15) is 5.26 Å². The zero-order valence-electron chi connectivity index (χ0n) is 14.1. The maximum Gasteiger partial charge on any atom is 0.238 e. The van der Waals surface area contributed by atoms with E-state index in [1.165, 1.54) is 12.1 Å². The molecule has 0 unspecified atom stereocenters. The molecule has 132 valence electrons. The molecular weight excluding hydrogens is 350 g/mol. The van der Waals surface area contributed by atoms with Crippen molar-refractivity contribution in [2.24, 2.45) is 5.14 Å². The number of hydrogen-bond donors (Lipinski definition) is 2. The fourth-order valence-electron chi connectivity index (χ4n) is 2.65. The summed E-state index contributed by atoms with van der Waals surface area (Å²) in [5.74, 6) is 0.803. The number of nitrogens with two attached hydrogens (primary N) is 1. The van der Waals surface area contributed by atoms with E-state index in [-0.39, 0.29) is 10.5 Å². The van der Waals surface area contributed by atoms with Gasteiger partial charge in [0.25, 0.3) is 0 Å². The Hall–Kier alpha value is -3.08. The zero-order valence-corrected chi connectivity index (χ0v) is 14.9. The molecule has 3 aromatic carbocycles. The van der Waals surface area contributed by atoms with Gasteiger partial charge in [-0.25, -0.2) is 13.6 Å². The number of ether oxygens (including phenoxy) is 1. The third-order valence-electron chi connectivity index (χ3n) is 4.03. The van der Waals surface area contributed by atoms with E-state index in [9.17, 15) is 13.7 Å². The van der Waals surface area contributed by atoms with E-state index in [1.807, 2.05) is 42.5 Å². The van der Waals surface area contributed by atoms with Crippen molar-refractivity contribution < 1.29 is 13.2 Å². The van der Waals surface area contributed by atoms with E-state index in [2.05, 4.69) is 5.32 Å². The van der Waals surface area contributed by atoms with E-state index < -0.39 is 10.0 Å². The van der Waals surface area contributed by atoms with Crippen molar-refractivity contribution in [2.45, 2.75) is 11.4 Å². The topological polar surface area (TPSA) is 105 Å². The Kier molecular flexibility index (Phi) is 4.80. The average molecular weight is 367 g/mol. The number of methoxy groups -OCH3 is 1. The number of hydrogen-bond acceptors (Lipinski definition) is 5. The molecule has 3 rings (SSSR count). The summed E-state index contributed by atoms with van der Waals surface area (Å²) in [7, 11) is -2.21. The molecule has 0 aliphatic carbocycles. The van der Waals surface area contributed by atoms with Gasteiger partial charge in [0, 0.05) is 6.54 Å². The normalized spacial score (nSPS) is 11.1. The number of benzene rings is 3. The van der Waals surface area contributed by atoms with E-state index in [0.29, 0.717) is 12.2 Å². The van der Waals surface area contributed by atoms with E-state index >= 15 is 0 Å². The van der Waals surface area contributed by atoms with Crippen molar-refractivity contribution in [1.82, 2.24) is 0 Å². The molecule has 0 bridgehead atoms. The van der Waals surface area contributed by atoms with Crippen LogP contribution in [-0.2, 0) is 16.6 Å². The van der Waals surface area contributed by atoms with Crippen molar-refractivity contribution in [3.8, 4) is 11.8 Å². The number of primary sulfonamides is 1. The third-order valence-corrected chi connectivity index (χ3v) is 4.95. The smallest absolute Gasteiger partial charge is 0.238 e. The molecule has 26 heavy (non-hydrogen) atoms. The summed E-state index contributed by atoms with van der Waals surface area (Å²) < 4.78 is 28.0. The number of nitrogens with zero attached hydrogens (tertiary/aromatic N) is 1. The standard InChI is InChI=1S/C19H17N3O3S/c1-25-17-5-4-14-8-13(2-3-15(14)9-17)12-22-19-7-6-18(26(21,23)24)10-16(19)11-20/h2-10,22H,12H2,1H3,(H2,21,23,24). The quantitative estimate of drug-likeness (QED) is 0.721. The Balaban J connectivity index is 1.82. The van der Waals surface area contributed by atoms with Gasteiger partial charge >= 0.3 is 0 Å². The van der Waals surface area contributed by atoms with Gasteiger partial charge in [-0.15, -0.1) is 0 Å². The molecule has 0 saturated carbocycles. The van der Waals surface area contributed by atoms with Gasteiger partial charge in [-0.3, -0.25) is 0 Å². The minimum absolute atomic E-state index is 0.0840. The molecule has 3 N–H and O–H groups in total. The molecule has 0 saturated heterocycles. The summed E-state index contributed by atoms with van der Waals surface area (Å²) in [5, 5.41) is 19.7. The molecular formula is C19H17N3O3S. The van der Waals surface area contributed by atoms with Crippen LogP contribution in [0.15, 0.2) is 59.5 Å². The van der Waals surface area contributed by atoms with Crippen LogP contribution in [0.25, 0.3) is 10.8 Å². The first-order chi connectivity index (χ1) is 12.4. The summed E-state index contributed by atoms with van der Waals surface area (Å²) in [5.41, 5.74) is 1.80. The van der Waals surface area contributed by atoms with Crippen LogP contribution >= 0.6 is 0 Å². The fraction of sp³-hybridized carbons (Fsp3) is 0.105. The van der Waals surface area contributed by atoms with Gasteiger partial charge in [0.15, 0.2) is 0 Å². The van der Waals surface area contributed by atoms with E-state index in [0.717, 1.165) is 22.1 Å². The summed E-state index contributed by atoms with van der Waals surface area (Å²) >= 11 is 0. The van der Waals surface area contributed by atoms with Crippen LogP contribution in [0.1, 0.15) is 11.1 Å². The molecule has 0 atom stereocenters. The molecule has 3 aromatic rings. The van der Waals surface area contributed by atoms with Crippen LogP contribution < -0.4 is 15.2 Å². The minimum Gasteiger partial charge on any atom is -0.497 e. The van der Waals surface area contributed by atoms with Crippen molar-refractivity contribution in [1.29, 1.82) is 5.26 Å². The van der Waals surface area contributed by atoms with Gasteiger partial charge in [-0.1, -0.05) is 18.2 Å². The molecule has 0 fully saturated rings. The number of nitriles is 1. The number of fused-ring (bicyclic) bond motifs is 1. The van der Waals surface area contributed by atoms with Crippen molar-refractivity contribution in [2.75, 3.05) is 12.4 Å². The van der Waals surface area contributed by atoms with Gasteiger partial charge < -0.3 is 10.1 Å². The Morgan fingerprint density at radius 3 is 2.50 bits per heavy atom. The highest BCUT2D eigenvalue weighted by atomic mass is 32.2. The first kappa shape index (κ1) is 17.7. The Morgan fingerprint density at radius 1 is 1.08 bits per heavy atom. The molecule has 0 aliphatic rings. The van der Waals surface area contributed by atoms with Crippen molar-refractivity contribution in [3.05, 3.63) is 65.7 Å².